The van der Waals surface area contributed by atoms with E-state index in [0.29, 0.717) is 13.0 Å². The minimum atomic E-state index is -0.351. The van der Waals surface area contributed by atoms with E-state index in [4.69, 9.17) is 5.73 Å². The molecule has 1 aliphatic heterocycles. The number of phenolic OH excluding ortho intramolecular Hbond substituents is 1. The van der Waals surface area contributed by atoms with E-state index >= 15 is 0 Å². The molecule has 1 heterocycles. The van der Waals surface area contributed by atoms with Gasteiger partial charge in [0.15, 0.2) is 11.5 Å². The first-order valence-electron chi connectivity index (χ1n) is 4.98. The Kier molecular flexibility index (Phi) is 2.52. The number of amides is 1. The number of anilines is 1. The zero-order valence-corrected chi connectivity index (χ0v) is 8.64. The number of ketones is 1. The molecule has 3 N–H and O–H groups in total. The van der Waals surface area contributed by atoms with Gasteiger partial charge in [0.25, 0.3) is 5.91 Å². The molecule has 1 amide bonds. The normalized spacial score (nSPS) is 15.5. The minimum absolute atomic E-state index is 0.0387. The molecule has 16 heavy (non-hydrogen) atoms. The summed E-state index contributed by atoms with van der Waals surface area (Å²) in [5.41, 5.74) is 5.81. The van der Waals surface area contributed by atoms with E-state index in [2.05, 4.69) is 0 Å². The lowest BCUT2D eigenvalue weighted by Crippen LogP contribution is -2.28. The summed E-state index contributed by atoms with van der Waals surface area (Å²) < 4.78 is 0. The molecule has 0 atom stereocenters. The summed E-state index contributed by atoms with van der Waals surface area (Å²) in [6.07, 6.45) is 0.384. The highest BCUT2D eigenvalue weighted by atomic mass is 16.3. The van der Waals surface area contributed by atoms with Crippen molar-refractivity contribution in [3.63, 3.8) is 0 Å². The number of nitrogens with two attached hydrogens (primary N) is 1. The van der Waals surface area contributed by atoms with Gasteiger partial charge in [-0.25, -0.2) is 0 Å². The average Bonchev–Trinajstić information content (AvgIpc) is 2.68. The van der Waals surface area contributed by atoms with Gasteiger partial charge in [-0.15, -0.1) is 0 Å². The van der Waals surface area contributed by atoms with Gasteiger partial charge in [-0.3, -0.25) is 9.59 Å². The van der Waals surface area contributed by atoms with E-state index < -0.39 is 0 Å². The maximum atomic E-state index is 11.9. The number of phenols is 1. The third-order valence-electron chi connectivity index (χ3n) is 2.61. The molecule has 1 aromatic rings. The molecule has 0 aromatic heterocycles. The van der Waals surface area contributed by atoms with E-state index in [1.807, 2.05) is 0 Å². The van der Waals surface area contributed by atoms with Crippen molar-refractivity contribution >= 4 is 17.4 Å². The van der Waals surface area contributed by atoms with E-state index in [1.54, 1.807) is 6.07 Å². The number of nitrogen functional groups attached to an aromatic ring is 1. The van der Waals surface area contributed by atoms with E-state index in [-0.39, 0.29) is 35.2 Å². The number of aromatic hydroxyl groups is 1. The number of para-hydroxylation sites is 1. The van der Waals surface area contributed by atoms with Crippen LogP contribution in [0.4, 0.5) is 5.69 Å². The van der Waals surface area contributed by atoms with Crippen molar-refractivity contribution in [3.05, 3.63) is 23.8 Å². The number of nitrogens with zero attached hydrogens (tertiary/aromatic N) is 1. The monoisotopic (exact) mass is 220 g/mol. The zero-order valence-electron chi connectivity index (χ0n) is 8.64. The number of carbonyl (C=O) groups is 2. The van der Waals surface area contributed by atoms with Gasteiger partial charge in [0, 0.05) is 13.0 Å². The highest BCUT2D eigenvalue weighted by Crippen LogP contribution is 2.26. The fourth-order valence-corrected chi connectivity index (χ4v) is 1.71. The molecule has 0 radical (unpaired) electrons. The molecule has 0 unspecified atom stereocenters. The second-order valence-electron chi connectivity index (χ2n) is 3.76. The summed E-state index contributed by atoms with van der Waals surface area (Å²) in [7, 11) is 0. The van der Waals surface area contributed by atoms with Crippen LogP contribution in [-0.4, -0.2) is 34.8 Å². The lowest BCUT2D eigenvalue weighted by atomic mass is 10.1. The molecule has 1 aliphatic rings. The van der Waals surface area contributed by atoms with Crippen molar-refractivity contribution in [1.29, 1.82) is 0 Å². The summed E-state index contributed by atoms with van der Waals surface area (Å²) >= 11 is 0. The zero-order chi connectivity index (χ0) is 11.7. The quantitative estimate of drug-likeness (QED) is 0.529. The molecule has 84 valence electrons. The summed E-state index contributed by atoms with van der Waals surface area (Å²) in [5, 5.41) is 9.64. The average molecular weight is 220 g/mol. The topological polar surface area (TPSA) is 83.6 Å². The highest BCUT2D eigenvalue weighted by molar-refractivity contribution is 6.01. The Labute approximate surface area is 92.5 Å². The van der Waals surface area contributed by atoms with Crippen LogP contribution >= 0.6 is 0 Å². The van der Waals surface area contributed by atoms with E-state index in [1.165, 1.54) is 17.0 Å². The number of benzene rings is 1. The lowest BCUT2D eigenvalue weighted by Gasteiger charge is -2.15. The maximum Gasteiger partial charge on any atom is 0.258 e. The fraction of sp³-hybridized carbons (Fsp3) is 0.273. The maximum absolute atomic E-state index is 11.9. The van der Waals surface area contributed by atoms with Crippen molar-refractivity contribution in [2.24, 2.45) is 0 Å². The van der Waals surface area contributed by atoms with Crippen LogP contribution in [0, 0.1) is 0 Å². The standard InChI is InChI=1S/C11H12N2O3/c12-9-3-1-2-8(10(9)15)11(16)13-5-4-7(14)6-13/h1-3,15H,4-6,12H2. The first-order chi connectivity index (χ1) is 7.59. The molecule has 1 fully saturated rings. The minimum Gasteiger partial charge on any atom is -0.505 e. The summed E-state index contributed by atoms with van der Waals surface area (Å²) in [6.45, 7) is 0.527. The Hall–Kier alpha value is -2.04. The molecule has 1 saturated heterocycles. The Balaban J connectivity index is 2.27. The molecular formula is C11H12N2O3. The van der Waals surface area contributed by atoms with Crippen molar-refractivity contribution in [2.45, 2.75) is 6.42 Å². The number of carbonyl (C=O) groups excluding carboxylic acids is 2. The van der Waals surface area contributed by atoms with E-state index in [9.17, 15) is 14.7 Å². The van der Waals surface area contributed by atoms with Gasteiger partial charge in [-0.05, 0) is 12.1 Å². The summed E-state index contributed by atoms with van der Waals surface area (Å²) in [5.74, 6) is -0.528. The summed E-state index contributed by atoms with van der Waals surface area (Å²) in [6, 6.07) is 4.61. The number of hydrogen-bond donors (Lipinski definition) is 2. The molecule has 1 aromatic carbocycles. The highest BCUT2D eigenvalue weighted by Gasteiger charge is 2.26. The molecule has 5 heteroatoms. The summed E-state index contributed by atoms with van der Waals surface area (Å²) in [4.78, 5) is 24.4. The second-order valence-corrected chi connectivity index (χ2v) is 3.76. The predicted octanol–water partition coefficient (Wildman–Crippen LogP) is 0.389. The van der Waals surface area contributed by atoms with Crippen LogP contribution in [0.3, 0.4) is 0 Å². The SMILES string of the molecule is Nc1cccc(C(=O)N2CCC(=O)C2)c1O. The predicted molar refractivity (Wildman–Crippen MR) is 58.0 cm³/mol. The Morgan fingerprint density at radius 3 is 2.81 bits per heavy atom. The third-order valence-corrected chi connectivity index (χ3v) is 2.61. The van der Waals surface area contributed by atoms with Crippen molar-refractivity contribution < 1.29 is 14.7 Å². The Morgan fingerprint density at radius 1 is 1.44 bits per heavy atom. The first kappa shape index (κ1) is 10.5. The van der Waals surface area contributed by atoms with Crippen LogP contribution in [0.5, 0.6) is 5.75 Å². The van der Waals surface area contributed by atoms with Crippen molar-refractivity contribution in [1.82, 2.24) is 4.90 Å². The number of likely N-dealkylation sites (tertiary alicyclic amines) is 1. The number of rotatable bonds is 1. The van der Waals surface area contributed by atoms with Crippen LogP contribution in [0.1, 0.15) is 16.8 Å². The van der Waals surface area contributed by atoms with E-state index in [0.717, 1.165) is 0 Å². The lowest BCUT2D eigenvalue weighted by molar-refractivity contribution is -0.116. The Bertz CT molecular complexity index is 457. The largest absolute Gasteiger partial charge is 0.505 e. The van der Waals surface area contributed by atoms with Crippen molar-refractivity contribution in [3.8, 4) is 5.75 Å². The van der Waals surface area contributed by atoms with Crippen LogP contribution in [-0.2, 0) is 4.79 Å². The molecule has 5 nitrogen and oxygen atoms in total. The van der Waals surface area contributed by atoms with Crippen LogP contribution in [0.15, 0.2) is 18.2 Å². The van der Waals surface area contributed by atoms with Gasteiger partial charge in [-0.1, -0.05) is 6.07 Å². The van der Waals surface area contributed by atoms with Crippen LogP contribution in [0.2, 0.25) is 0 Å². The second kappa shape index (κ2) is 3.84. The van der Waals surface area contributed by atoms with Gasteiger partial charge in [0.2, 0.25) is 0 Å². The van der Waals surface area contributed by atoms with Gasteiger partial charge >= 0.3 is 0 Å². The first-order valence-corrected chi connectivity index (χ1v) is 4.98. The van der Waals surface area contributed by atoms with Gasteiger partial charge in [0.05, 0.1) is 17.8 Å². The molecule has 0 aliphatic carbocycles. The third kappa shape index (κ3) is 1.71. The molecule has 0 saturated carbocycles. The van der Waals surface area contributed by atoms with Crippen molar-refractivity contribution in [2.75, 3.05) is 18.8 Å². The van der Waals surface area contributed by atoms with Crippen LogP contribution < -0.4 is 5.73 Å². The molecule has 0 bridgehead atoms. The molecule has 2 rings (SSSR count). The molecular weight excluding hydrogens is 208 g/mol. The number of hydrogen-bond acceptors (Lipinski definition) is 4. The van der Waals surface area contributed by atoms with Gasteiger partial charge in [-0.2, -0.15) is 0 Å². The Morgan fingerprint density at radius 2 is 2.19 bits per heavy atom. The van der Waals surface area contributed by atoms with Gasteiger partial charge < -0.3 is 15.7 Å². The number of Topliss-reactive ketones (excluding diaryl/α,β-unsaturated/α-hetero) is 1. The fourth-order valence-electron chi connectivity index (χ4n) is 1.71. The molecule has 0 spiro atoms. The van der Waals surface area contributed by atoms with Crippen LogP contribution in [0.25, 0.3) is 0 Å². The van der Waals surface area contributed by atoms with Gasteiger partial charge in [0.1, 0.15) is 0 Å². The smallest absolute Gasteiger partial charge is 0.258 e.